The summed E-state index contributed by atoms with van der Waals surface area (Å²) in [6.07, 6.45) is 3.47. The van der Waals surface area contributed by atoms with Gasteiger partial charge in [0.05, 0.1) is 18.6 Å². The summed E-state index contributed by atoms with van der Waals surface area (Å²) in [5, 5.41) is 3.41. The maximum Gasteiger partial charge on any atom is 0.0955 e. The van der Waals surface area contributed by atoms with Crippen molar-refractivity contribution in [2.45, 2.75) is 19.9 Å². The molecule has 2 rings (SSSR count). The number of nitrogens with one attached hydrogen (secondary N) is 1. The highest BCUT2D eigenvalue weighted by atomic mass is 16.3. The number of hydrogen-bond acceptors (Lipinski definition) is 2. The van der Waals surface area contributed by atoms with Crippen LogP contribution in [0.15, 0.2) is 47.3 Å². The minimum Gasteiger partial charge on any atom is -0.472 e. The molecule has 1 aromatic carbocycles. The highest BCUT2D eigenvalue weighted by Gasteiger charge is 2.05. The number of anilines is 1. The summed E-state index contributed by atoms with van der Waals surface area (Å²) in [4.78, 5) is 0. The van der Waals surface area contributed by atoms with Crippen molar-refractivity contribution >= 4 is 5.69 Å². The minimum atomic E-state index is 0.270. The maximum absolute atomic E-state index is 5.05. The van der Waals surface area contributed by atoms with Crippen molar-refractivity contribution in [1.82, 2.24) is 0 Å². The van der Waals surface area contributed by atoms with Crippen molar-refractivity contribution in [1.29, 1.82) is 0 Å². The fourth-order valence-corrected chi connectivity index (χ4v) is 1.50. The van der Waals surface area contributed by atoms with Crippen LogP contribution in [0, 0.1) is 6.92 Å². The Morgan fingerprint density at radius 2 is 1.87 bits per heavy atom. The number of aryl methyl sites for hydroxylation is 1. The molecule has 0 aliphatic carbocycles. The molecule has 0 aliphatic heterocycles. The van der Waals surface area contributed by atoms with Gasteiger partial charge in [-0.1, -0.05) is 17.7 Å². The van der Waals surface area contributed by atoms with Gasteiger partial charge in [-0.15, -0.1) is 0 Å². The molecule has 0 aliphatic rings. The molecular weight excluding hydrogens is 186 g/mol. The van der Waals surface area contributed by atoms with Crippen LogP contribution in [0.5, 0.6) is 0 Å². The summed E-state index contributed by atoms with van der Waals surface area (Å²) < 4.78 is 5.05. The zero-order valence-corrected chi connectivity index (χ0v) is 9.03. The monoisotopic (exact) mass is 201 g/mol. The molecule has 15 heavy (non-hydrogen) atoms. The van der Waals surface area contributed by atoms with Gasteiger partial charge in [0.2, 0.25) is 0 Å². The first-order chi connectivity index (χ1) is 7.25. The molecule has 0 spiro atoms. The Bertz CT molecular complexity index is 403. The van der Waals surface area contributed by atoms with Crippen LogP contribution in [0.1, 0.15) is 24.1 Å². The van der Waals surface area contributed by atoms with Crippen LogP contribution in [-0.4, -0.2) is 0 Å². The van der Waals surface area contributed by atoms with E-state index in [0.717, 1.165) is 11.3 Å². The smallest absolute Gasteiger partial charge is 0.0955 e. The van der Waals surface area contributed by atoms with E-state index in [9.17, 15) is 0 Å². The van der Waals surface area contributed by atoms with Crippen LogP contribution in [-0.2, 0) is 0 Å². The third kappa shape index (κ3) is 2.40. The Balaban J connectivity index is 2.06. The molecule has 0 saturated heterocycles. The van der Waals surface area contributed by atoms with Crippen LogP contribution in [0.2, 0.25) is 0 Å². The standard InChI is InChI=1S/C13H15NO/c1-10-3-5-13(6-4-10)14-11(2)12-7-8-15-9-12/h3-9,11,14H,1-2H3. The molecular formula is C13H15NO. The molecule has 2 aromatic rings. The van der Waals surface area contributed by atoms with E-state index in [0.29, 0.717) is 0 Å². The normalized spacial score (nSPS) is 12.4. The van der Waals surface area contributed by atoms with Crippen molar-refractivity contribution < 1.29 is 4.42 Å². The quantitative estimate of drug-likeness (QED) is 0.817. The third-order valence-corrected chi connectivity index (χ3v) is 2.48. The van der Waals surface area contributed by atoms with E-state index in [-0.39, 0.29) is 6.04 Å². The molecule has 2 heteroatoms. The Morgan fingerprint density at radius 1 is 1.13 bits per heavy atom. The average Bonchev–Trinajstić information content (AvgIpc) is 2.74. The topological polar surface area (TPSA) is 25.2 Å². The zero-order chi connectivity index (χ0) is 10.7. The molecule has 1 heterocycles. The third-order valence-electron chi connectivity index (χ3n) is 2.48. The predicted octanol–water partition coefficient (Wildman–Crippen LogP) is 3.76. The van der Waals surface area contributed by atoms with Crippen LogP contribution in [0.3, 0.4) is 0 Å². The molecule has 0 bridgehead atoms. The van der Waals surface area contributed by atoms with Gasteiger partial charge < -0.3 is 9.73 Å². The summed E-state index contributed by atoms with van der Waals surface area (Å²) in [5.74, 6) is 0. The Morgan fingerprint density at radius 3 is 2.47 bits per heavy atom. The van der Waals surface area contributed by atoms with Crippen molar-refractivity contribution in [2.24, 2.45) is 0 Å². The van der Waals surface area contributed by atoms with Gasteiger partial charge in [-0.05, 0) is 32.0 Å². The SMILES string of the molecule is Cc1ccc(NC(C)c2ccoc2)cc1. The van der Waals surface area contributed by atoms with E-state index >= 15 is 0 Å². The van der Waals surface area contributed by atoms with Gasteiger partial charge in [0.1, 0.15) is 0 Å². The molecule has 0 fully saturated rings. The first-order valence-electron chi connectivity index (χ1n) is 5.11. The van der Waals surface area contributed by atoms with Gasteiger partial charge in [0.15, 0.2) is 0 Å². The largest absolute Gasteiger partial charge is 0.472 e. The summed E-state index contributed by atoms with van der Waals surface area (Å²) in [7, 11) is 0. The number of benzene rings is 1. The highest BCUT2D eigenvalue weighted by molar-refractivity contribution is 5.46. The van der Waals surface area contributed by atoms with Crippen LogP contribution in [0.4, 0.5) is 5.69 Å². The molecule has 78 valence electrons. The number of furan rings is 1. The molecule has 0 amide bonds. The van der Waals surface area contributed by atoms with Crippen molar-refractivity contribution in [3.8, 4) is 0 Å². The molecule has 2 nitrogen and oxygen atoms in total. The minimum absolute atomic E-state index is 0.270. The summed E-state index contributed by atoms with van der Waals surface area (Å²) >= 11 is 0. The van der Waals surface area contributed by atoms with Crippen LogP contribution < -0.4 is 5.32 Å². The molecule has 1 aromatic heterocycles. The second-order valence-corrected chi connectivity index (χ2v) is 3.79. The lowest BCUT2D eigenvalue weighted by Gasteiger charge is -2.13. The van der Waals surface area contributed by atoms with E-state index < -0.39 is 0 Å². The Labute approximate surface area is 89.9 Å². The van der Waals surface area contributed by atoms with E-state index in [1.165, 1.54) is 5.56 Å². The fourth-order valence-electron chi connectivity index (χ4n) is 1.50. The lowest BCUT2D eigenvalue weighted by atomic mass is 10.1. The van der Waals surface area contributed by atoms with E-state index in [4.69, 9.17) is 4.42 Å². The van der Waals surface area contributed by atoms with Crippen LogP contribution >= 0.6 is 0 Å². The predicted molar refractivity (Wildman–Crippen MR) is 61.9 cm³/mol. The Kier molecular flexibility index (Phi) is 2.77. The molecule has 1 N–H and O–H groups in total. The number of rotatable bonds is 3. The average molecular weight is 201 g/mol. The summed E-state index contributed by atoms with van der Waals surface area (Å²) in [6.45, 7) is 4.20. The molecule has 1 unspecified atom stereocenters. The molecule has 0 radical (unpaired) electrons. The lowest BCUT2D eigenvalue weighted by Crippen LogP contribution is -2.05. The maximum atomic E-state index is 5.05. The summed E-state index contributed by atoms with van der Waals surface area (Å²) in [6, 6.07) is 10.6. The summed E-state index contributed by atoms with van der Waals surface area (Å²) in [5.41, 5.74) is 3.57. The fraction of sp³-hybridized carbons (Fsp3) is 0.231. The van der Waals surface area contributed by atoms with Gasteiger partial charge in [-0.3, -0.25) is 0 Å². The van der Waals surface area contributed by atoms with Gasteiger partial charge >= 0.3 is 0 Å². The van der Waals surface area contributed by atoms with Crippen molar-refractivity contribution in [2.75, 3.05) is 5.32 Å². The van der Waals surface area contributed by atoms with Gasteiger partial charge in [0.25, 0.3) is 0 Å². The molecule has 1 atom stereocenters. The first kappa shape index (κ1) is 9.84. The number of hydrogen-bond donors (Lipinski definition) is 1. The van der Waals surface area contributed by atoms with Crippen molar-refractivity contribution in [3.63, 3.8) is 0 Å². The first-order valence-corrected chi connectivity index (χ1v) is 5.11. The van der Waals surface area contributed by atoms with E-state index in [1.807, 2.05) is 6.07 Å². The van der Waals surface area contributed by atoms with Gasteiger partial charge in [-0.2, -0.15) is 0 Å². The van der Waals surface area contributed by atoms with Gasteiger partial charge in [-0.25, -0.2) is 0 Å². The second kappa shape index (κ2) is 4.22. The van der Waals surface area contributed by atoms with Gasteiger partial charge in [0, 0.05) is 11.3 Å². The lowest BCUT2D eigenvalue weighted by molar-refractivity contribution is 0.562. The van der Waals surface area contributed by atoms with E-state index in [1.54, 1.807) is 12.5 Å². The van der Waals surface area contributed by atoms with E-state index in [2.05, 4.69) is 43.4 Å². The van der Waals surface area contributed by atoms with Crippen LogP contribution in [0.25, 0.3) is 0 Å². The molecule has 0 saturated carbocycles. The Hall–Kier alpha value is -1.70. The second-order valence-electron chi connectivity index (χ2n) is 3.79. The zero-order valence-electron chi connectivity index (χ0n) is 9.03. The highest BCUT2D eigenvalue weighted by Crippen LogP contribution is 2.19. The van der Waals surface area contributed by atoms with Crippen molar-refractivity contribution in [3.05, 3.63) is 54.0 Å².